The number of aromatic nitrogens is 3. The molecule has 3 aromatic carbocycles. The summed E-state index contributed by atoms with van der Waals surface area (Å²) < 4.78 is 8.68. The lowest BCUT2D eigenvalue weighted by Crippen LogP contribution is -2.43. The van der Waals surface area contributed by atoms with Crippen molar-refractivity contribution in [2.24, 2.45) is 13.0 Å². The summed E-state index contributed by atoms with van der Waals surface area (Å²) in [5.41, 5.74) is 16.6. The van der Waals surface area contributed by atoms with Crippen molar-refractivity contribution >= 4 is 34.0 Å². The maximum absolute atomic E-state index is 13.8. The number of anilines is 3. The molecule has 0 bridgehead atoms. The highest BCUT2D eigenvalue weighted by molar-refractivity contribution is 5.96. The van der Waals surface area contributed by atoms with Gasteiger partial charge in [0.2, 0.25) is 0 Å². The van der Waals surface area contributed by atoms with Gasteiger partial charge in [-0.2, -0.15) is 0 Å². The van der Waals surface area contributed by atoms with E-state index in [0.717, 1.165) is 81.2 Å². The third-order valence-corrected chi connectivity index (χ3v) is 13.3. The van der Waals surface area contributed by atoms with E-state index >= 15 is 0 Å². The molecule has 12 nitrogen and oxygen atoms in total. The van der Waals surface area contributed by atoms with Crippen LogP contribution in [0.4, 0.5) is 17.2 Å². The van der Waals surface area contributed by atoms with Gasteiger partial charge in [0.25, 0.3) is 5.91 Å². The topological polar surface area (TPSA) is 128 Å². The molecule has 308 valence electrons. The standard InChI is InChI=1S/C47H57N9O3/c1-31-26-35(12-13-36(31)43-29-55(24-25-59-43)41-27-39(50-51-46(41)48)37-8-4-5-11-42(37)57)47(58)54-22-14-33(15-23-54)28-53-20-16-34(17-21-53)44-32(2)52(3)45-38(44)9-6-10-40(45)56-19-7-18-49-30-56/h4-13,19,26-27,33-34,43,49,57H,14-18,20-25,28-30H2,1-3H3,(H2,48,51). The number of rotatable bonds is 8. The Morgan fingerprint density at radius 3 is 2.51 bits per heavy atom. The minimum atomic E-state index is -0.196. The third kappa shape index (κ3) is 7.77. The van der Waals surface area contributed by atoms with Crippen LogP contribution in [0.2, 0.25) is 0 Å². The van der Waals surface area contributed by atoms with Gasteiger partial charge >= 0.3 is 0 Å². The zero-order valence-corrected chi connectivity index (χ0v) is 34.6. The van der Waals surface area contributed by atoms with E-state index in [9.17, 15) is 9.90 Å². The van der Waals surface area contributed by atoms with Crippen molar-refractivity contribution in [3.8, 4) is 17.0 Å². The van der Waals surface area contributed by atoms with Crippen LogP contribution in [0.15, 0.2) is 79.0 Å². The zero-order chi connectivity index (χ0) is 40.6. The number of phenolic OH excluding ortho intramolecular Hbond substituents is 1. The van der Waals surface area contributed by atoms with E-state index in [1.165, 1.54) is 40.7 Å². The van der Waals surface area contributed by atoms with E-state index in [4.69, 9.17) is 10.5 Å². The predicted octanol–water partition coefficient (Wildman–Crippen LogP) is 6.73. The number of para-hydroxylation sites is 2. The second kappa shape index (κ2) is 16.7. The number of ether oxygens (including phenoxy) is 1. The summed E-state index contributed by atoms with van der Waals surface area (Å²) in [6.07, 6.45) is 8.65. The molecule has 9 rings (SSSR count). The maximum atomic E-state index is 13.8. The highest BCUT2D eigenvalue weighted by Crippen LogP contribution is 2.41. The lowest BCUT2D eigenvalue weighted by atomic mass is 9.86. The van der Waals surface area contributed by atoms with Crippen molar-refractivity contribution in [3.05, 3.63) is 107 Å². The van der Waals surface area contributed by atoms with Crippen LogP contribution in [0.5, 0.6) is 5.75 Å². The quantitative estimate of drug-likeness (QED) is 0.156. The Morgan fingerprint density at radius 1 is 0.932 bits per heavy atom. The van der Waals surface area contributed by atoms with Crippen LogP contribution in [-0.2, 0) is 11.8 Å². The number of amides is 1. The molecule has 3 saturated heterocycles. The molecule has 0 aliphatic carbocycles. The normalized spacial score (nSPS) is 19.8. The number of likely N-dealkylation sites (tertiary alicyclic amines) is 2. The molecule has 1 amide bonds. The van der Waals surface area contributed by atoms with Gasteiger partial charge in [-0.05, 0) is 118 Å². The summed E-state index contributed by atoms with van der Waals surface area (Å²) in [6, 6.07) is 21.8. The molecule has 4 N–H and O–H groups in total. The largest absolute Gasteiger partial charge is 0.507 e. The van der Waals surface area contributed by atoms with Crippen LogP contribution in [0.3, 0.4) is 0 Å². The Hall–Kier alpha value is -5.43. The number of carbonyl (C=O) groups is 1. The molecule has 0 radical (unpaired) electrons. The Balaban J connectivity index is 0.784. The van der Waals surface area contributed by atoms with Crippen LogP contribution in [0, 0.1) is 19.8 Å². The average Bonchev–Trinajstić information content (AvgIpc) is 3.53. The van der Waals surface area contributed by atoms with Gasteiger partial charge in [0.05, 0.1) is 35.9 Å². The zero-order valence-electron chi connectivity index (χ0n) is 34.6. The number of benzene rings is 3. The number of hydrogen-bond donors (Lipinski definition) is 3. The Labute approximate surface area is 347 Å². The van der Waals surface area contributed by atoms with E-state index in [1.807, 2.05) is 35.2 Å². The molecular weight excluding hydrogens is 739 g/mol. The van der Waals surface area contributed by atoms with Gasteiger partial charge in [0.15, 0.2) is 5.82 Å². The molecule has 5 aromatic rings. The molecule has 59 heavy (non-hydrogen) atoms. The minimum Gasteiger partial charge on any atom is -0.507 e. The monoisotopic (exact) mass is 795 g/mol. The van der Waals surface area contributed by atoms with Gasteiger partial charge < -0.3 is 39.7 Å². The van der Waals surface area contributed by atoms with Gasteiger partial charge in [0, 0.05) is 74.7 Å². The molecule has 1 unspecified atom stereocenters. The smallest absolute Gasteiger partial charge is 0.253 e. The van der Waals surface area contributed by atoms with Gasteiger partial charge in [-0.25, -0.2) is 0 Å². The second-order valence-electron chi connectivity index (χ2n) is 16.9. The number of morpholine rings is 1. The molecule has 0 saturated carbocycles. The summed E-state index contributed by atoms with van der Waals surface area (Å²) in [5.74, 6) is 1.77. The fraction of sp³-hybridized carbons (Fsp3) is 0.426. The Morgan fingerprint density at radius 2 is 1.75 bits per heavy atom. The SMILES string of the molecule is Cc1cc(C(=O)N2CCC(CN3CCC(c4c(C)n(C)c5c(N6C=CCNC6)cccc45)CC3)CC2)ccc1C1CN(c2cc(-c3ccccc3O)nnc2N)CCO1. The Bertz CT molecular complexity index is 2360. The van der Waals surface area contributed by atoms with Crippen molar-refractivity contribution in [2.75, 3.05) is 81.2 Å². The van der Waals surface area contributed by atoms with Crippen LogP contribution >= 0.6 is 0 Å². The third-order valence-electron chi connectivity index (χ3n) is 13.3. The number of aryl methyl sites for hydroxylation is 2. The second-order valence-corrected chi connectivity index (χ2v) is 16.9. The Kier molecular flexibility index (Phi) is 11.0. The average molecular weight is 796 g/mol. The number of nitrogen functional groups attached to an aromatic ring is 1. The van der Waals surface area contributed by atoms with Crippen molar-refractivity contribution in [1.82, 2.24) is 29.9 Å². The fourth-order valence-corrected chi connectivity index (χ4v) is 10.0. The van der Waals surface area contributed by atoms with E-state index in [2.05, 4.69) is 92.2 Å². The summed E-state index contributed by atoms with van der Waals surface area (Å²) >= 11 is 0. The first-order valence-electron chi connectivity index (χ1n) is 21.4. The number of nitrogens with one attached hydrogen (secondary N) is 1. The fourth-order valence-electron chi connectivity index (χ4n) is 10.0. The number of aromatic hydroxyl groups is 1. The van der Waals surface area contributed by atoms with Crippen molar-refractivity contribution in [2.45, 2.75) is 51.6 Å². The summed E-state index contributed by atoms with van der Waals surface area (Å²) in [7, 11) is 2.23. The molecule has 12 heteroatoms. The van der Waals surface area contributed by atoms with Gasteiger partial charge in [-0.15, -0.1) is 10.2 Å². The van der Waals surface area contributed by atoms with E-state index in [1.54, 1.807) is 12.1 Å². The number of piperidine rings is 2. The van der Waals surface area contributed by atoms with Crippen LogP contribution < -0.4 is 20.9 Å². The number of nitrogens with zero attached hydrogens (tertiary/aromatic N) is 7. The number of phenols is 1. The van der Waals surface area contributed by atoms with Crippen molar-refractivity contribution < 1.29 is 14.6 Å². The van der Waals surface area contributed by atoms with E-state index in [-0.39, 0.29) is 17.8 Å². The highest BCUT2D eigenvalue weighted by atomic mass is 16.5. The molecular formula is C47H57N9O3. The maximum Gasteiger partial charge on any atom is 0.253 e. The van der Waals surface area contributed by atoms with E-state index in [0.29, 0.717) is 48.6 Å². The molecule has 4 aliphatic heterocycles. The summed E-state index contributed by atoms with van der Waals surface area (Å²) in [5, 5.41) is 23.8. The molecule has 1 atom stereocenters. The number of carbonyl (C=O) groups excluding carboxylic acids is 1. The summed E-state index contributed by atoms with van der Waals surface area (Å²) in [4.78, 5) is 23.0. The van der Waals surface area contributed by atoms with Crippen LogP contribution in [0.1, 0.15) is 70.4 Å². The molecule has 0 spiro atoms. The van der Waals surface area contributed by atoms with Gasteiger partial charge in [-0.1, -0.05) is 36.4 Å². The number of hydrogen-bond acceptors (Lipinski definition) is 10. The summed E-state index contributed by atoms with van der Waals surface area (Å²) in [6.45, 7) is 12.8. The molecule has 4 aliphatic rings. The predicted molar refractivity (Wildman–Crippen MR) is 235 cm³/mol. The first kappa shape index (κ1) is 39.1. The van der Waals surface area contributed by atoms with Gasteiger partial charge in [-0.3, -0.25) is 10.1 Å². The number of fused-ring (bicyclic) bond motifs is 1. The van der Waals surface area contributed by atoms with Crippen molar-refractivity contribution in [3.63, 3.8) is 0 Å². The van der Waals surface area contributed by atoms with Crippen LogP contribution in [-0.4, -0.2) is 101 Å². The van der Waals surface area contributed by atoms with E-state index < -0.39 is 0 Å². The molecule has 3 fully saturated rings. The number of nitrogens with two attached hydrogens (primary N) is 1. The minimum absolute atomic E-state index is 0.110. The van der Waals surface area contributed by atoms with Crippen molar-refractivity contribution in [1.29, 1.82) is 0 Å². The van der Waals surface area contributed by atoms with Gasteiger partial charge in [0.1, 0.15) is 11.9 Å². The molecule has 2 aromatic heterocycles. The lowest BCUT2D eigenvalue weighted by Gasteiger charge is -2.38. The highest BCUT2D eigenvalue weighted by Gasteiger charge is 2.31. The lowest BCUT2D eigenvalue weighted by molar-refractivity contribution is 0.0394. The first-order valence-corrected chi connectivity index (χ1v) is 21.4. The first-order chi connectivity index (χ1) is 28.7. The molecule has 6 heterocycles. The van der Waals surface area contributed by atoms with Crippen LogP contribution in [0.25, 0.3) is 22.2 Å².